The second-order valence-corrected chi connectivity index (χ2v) is 7.76. The molecule has 1 aromatic heterocycles. The van der Waals surface area contributed by atoms with Crippen molar-refractivity contribution < 1.29 is 18.3 Å². The number of carbonyl (C=O) groups excluding carboxylic acids is 1. The number of esters is 1. The number of para-hydroxylation sites is 1. The number of aliphatic imine (C=N–C) groups is 1. The first-order valence-electron chi connectivity index (χ1n) is 10.8. The van der Waals surface area contributed by atoms with Gasteiger partial charge in [0.05, 0.1) is 16.8 Å². The van der Waals surface area contributed by atoms with Crippen molar-refractivity contribution in [2.75, 3.05) is 0 Å². The second-order valence-electron chi connectivity index (χ2n) is 7.76. The lowest BCUT2D eigenvalue weighted by molar-refractivity contribution is 0.0734. The molecule has 35 heavy (non-hydrogen) atoms. The van der Waals surface area contributed by atoms with E-state index in [1.54, 1.807) is 36.5 Å². The summed E-state index contributed by atoms with van der Waals surface area (Å²) < 4.78 is 23.6. The molecule has 5 aromatic rings. The molecule has 0 saturated carbocycles. The van der Waals surface area contributed by atoms with Crippen molar-refractivity contribution in [1.82, 2.24) is 0 Å². The third-order valence-electron chi connectivity index (χ3n) is 5.35. The molecule has 6 heteroatoms. The highest BCUT2D eigenvalue weighted by atomic mass is 19.1. The van der Waals surface area contributed by atoms with Crippen LogP contribution in [0, 0.1) is 5.82 Å². The van der Waals surface area contributed by atoms with Gasteiger partial charge in [-0.3, -0.25) is 4.99 Å². The van der Waals surface area contributed by atoms with Gasteiger partial charge in [-0.05, 0) is 71.8 Å². The number of nitrogens with zero attached hydrogens (tertiary/aromatic N) is 1. The Bertz CT molecular complexity index is 1590. The lowest BCUT2D eigenvalue weighted by Crippen LogP contribution is -2.08. The molecule has 5 rings (SSSR count). The highest BCUT2D eigenvalue weighted by molar-refractivity contribution is 5.92. The van der Waals surface area contributed by atoms with E-state index >= 15 is 0 Å². The molecular weight excluding hydrogens is 445 g/mol. The van der Waals surface area contributed by atoms with Crippen LogP contribution in [0.4, 0.5) is 10.1 Å². The molecule has 0 radical (unpaired) electrons. The quantitative estimate of drug-likeness (QED) is 0.128. The van der Waals surface area contributed by atoms with E-state index in [-0.39, 0.29) is 5.75 Å². The maximum Gasteiger partial charge on any atom is 0.344 e. The van der Waals surface area contributed by atoms with E-state index in [0.29, 0.717) is 22.4 Å². The Morgan fingerprint density at radius 2 is 1.57 bits per heavy atom. The molecule has 4 aromatic carbocycles. The van der Waals surface area contributed by atoms with Crippen molar-refractivity contribution in [2.24, 2.45) is 4.99 Å². The number of halogens is 1. The fourth-order valence-corrected chi connectivity index (χ4v) is 3.51. The van der Waals surface area contributed by atoms with Gasteiger partial charge in [-0.2, -0.15) is 0 Å². The number of hydrogen-bond donors (Lipinski definition) is 0. The van der Waals surface area contributed by atoms with Gasteiger partial charge in [0.1, 0.15) is 17.1 Å². The summed E-state index contributed by atoms with van der Waals surface area (Å²) in [5, 5.41) is 0.856. The van der Waals surface area contributed by atoms with Gasteiger partial charge in [0.2, 0.25) is 0 Å². The number of benzene rings is 4. The fraction of sp³-hybridized carbons (Fsp3) is 0. The molecule has 0 atom stereocenters. The van der Waals surface area contributed by atoms with Gasteiger partial charge >= 0.3 is 11.6 Å². The van der Waals surface area contributed by atoms with Crippen molar-refractivity contribution in [1.29, 1.82) is 0 Å². The first kappa shape index (κ1) is 22.0. The highest BCUT2D eigenvalue weighted by Crippen LogP contribution is 2.23. The molecule has 0 saturated heterocycles. The molecule has 0 aliphatic heterocycles. The van der Waals surface area contributed by atoms with Gasteiger partial charge in [0.25, 0.3) is 0 Å². The summed E-state index contributed by atoms with van der Waals surface area (Å²) in [6.07, 6.45) is 1.68. The van der Waals surface area contributed by atoms with E-state index in [1.807, 2.05) is 48.5 Å². The van der Waals surface area contributed by atoms with Crippen LogP contribution in [-0.4, -0.2) is 12.2 Å². The average Bonchev–Trinajstić information content (AvgIpc) is 2.89. The minimum absolute atomic E-state index is 0.270. The number of ether oxygens (including phenoxy) is 1. The summed E-state index contributed by atoms with van der Waals surface area (Å²) in [6, 6.07) is 28.5. The van der Waals surface area contributed by atoms with Crippen molar-refractivity contribution >= 4 is 28.8 Å². The molecule has 0 fully saturated rings. The molecule has 0 spiro atoms. The third-order valence-corrected chi connectivity index (χ3v) is 5.35. The fourth-order valence-electron chi connectivity index (χ4n) is 3.51. The van der Waals surface area contributed by atoms with Crippen LogP contribution in [0.25, 0.3) is 22.1 Å². The van der Waals surface area contributed by atoms with Gasteiger partial charge in [-0.1, -0.05) is 42.5 Å². The summed E-state index contributed by atoms with van der Waals surface area (Å²) in [5.41, 5.74) is 3.26. The first-order chi connectivity index (χ1) is 17.0. The highest BCUT2D eigenvalue weighted by Gasteiger charge is 2.09. The monoisotopic (exact) mass is 463 g/mol. The lowest BCUT2D eigenvalue weighted by Gasteiger charge is -2.04. The van der Waals surface area contributed by atoms with Crippen molar-refractivity contribution in [2.45, 2.75) is 0 Å². The van der Waals surface area contributed by atoms with Crippen LogP contribution in [0.5, 0.6) is 5.75 Å². The van der Waals surface area contributed by atoms with Gasteiger partial charge < -0.3 is 9.15 Å². The van der Waals surface area contributed by atoms with Crippen LogP contribution in [0.15, 0.2) is 117 Å². The Kier molecular flexibility index (Phi) is 6.01. The summed E-state index contributed by atoms with van der Waals surface area (Å²) >= 11 is 0. The molecular formula is C29H18FNO4. The Morgan fingerprint density at radius 3 is 2.31 bits per heavy atom. The molecule has 170 valence electrons. The van der Waals surface area contributed by atoms with Crippen molar-refractivity contribution in [3.05, 3.63) is 130 Å². The van der Waals surface area contributed by atoms with Crippen molar-refractivity contribution in [3.8, 4) is 16.9 Å². The normalized spacial score (nSPS) is 11.1. The standard InChI is InChI=1S/C29H18FNO4/c30-23-11-15-25(16-12-23)34-28(32)21-7-5-19(6-8-21)18-31-24-13-9-20(10-14-24)26-17-22-3-1-2-4-27(22)35-29(26)33/h1-18H. The zero-order chi connectivity index (χ0) is 24.2. The summed E-state index contributed by atoms with van der Waals surface area (Å²) in [6.45, 7) is 0. The van der Waals surface area contributed by atoms with E-state index in [2.05, 4.69) is 4.99 Å². The molecule has 1 heterocycles. The topological polar surface area (TPSA) is 68.9 Å². The van der Waals surface area contributed by atoms with Crippen LogP contribution in [0.1, 0.15) is 15.9 Å². The zero-order valence-corrected chi connectivity index (χ0v) is 18.4. The van der Waals surface area contributed by atoms with Crippen LogP contribution in [0.2, 0.25) is 0 Å². The maximum atomic E-state index is 13.0. The largest absolute Gasteiger partial charge is 0.423 e. The minimum Gasteiger partial charge on any atom is -0.423 e. The minimum atomic E-state index is -0.533. The Labute approximate surface area is 199 Å². The summed E-state index contributed by atoms with van der Waals surface area (Å²) in [5.74, 6) is -0.664. The van der Waals surface area contributed by atoms with E-state index in [4.69, 9.17) is 9.15 Å². The van der Waals surface area contributed by atoms with Crippen molar-refractivity contribution in [3.63, 3.8) is 0 Å². The van der Waals surface area contributed by atoms with Crippen LogP contribution in [-0.2, 0) is 0 Å². The number of hydrogen-bond acceptors (Lipinski definition) is 5. The predicted molar refractivity (Wildman–Crippen MR) is 133 cm³/mol. The van der Waals surface area contributed by atoms with Crippen LogP contribution in [0.3, 0.4) is 0 Å². The Morgan fingerprint density at radius 1 is 0.857 bits per heavy atom. The molecule has 0 amide bonds. The molecule has 0 aliphatic carbocycles. The predicted octanol–water partition coefficient (Wildman–Crippen LogP) is 6.57. The van der Waals surface area contributed by atoms with Gasteiger partial charge in [-0.25, -0.2) is 14.0 Å². The number of rotatable bonds is 5. The molecule has 0 bridgehead atoms. The average molecular weight is 463 g/mol. The Balaban J connectivity index is 1.27. The number of carbonyl (C=O) groups is 1. The molecule has 0 N–H and O–H groups in total. The van der Waals surface area contributed by atoms with Crippen LogP contribution < -0.4 is 10.4 Å². The van der Waals surface area contributed by atoms with Gasteiger partial charge in [-0.15, -0.1) is 0 Å². The van der Waals surface area contributed by atoms with Gasteiger partial charge in [0.15, 0.2) is 0 Å². The number of fused-ring (bicyclic) bond motifs is 1. The molecule has 0 aliphatic rings. The maximum absolute atomic E-state index is 13.0. The summed E-state index contributed by atoms with van der Waals surface area (Å²) in [4.78, 5) is 29.1. The van der Waals surface area contributed by atoms with E-state index in [1.165, 1.54) is 24.3 Å². The molecule has 0 unspecified atom stereocenters. The second kappa shape index (κ2) is 9.57. The zero-order valence-electron chi connectivity index (χ0n) is 18.4. The van der Waals surface area contributed by atoms with Gasteiger partial charge in [0, 0.05) is 11.6 Å². The van der Waals surface area contributed by atoms with Crippen LogP contribution >= 0.6 is 0 Å². The molecule has 5 nitrogen and oxygen atoms in total. The van der Waals surface area contributed by atoms with E-state index in [9.17, 15) is 14.0 Å². The smallest absolute Gasteiger partial charge is 0.344 e. The summed E-state index contributed by atoms with van der Waals surface area (Å²) in [7, 11) is 0. The van der Waals surface area contributed by atoms with E-state index in [0.717, 1.165) is 16.5 Å². The first-order valence-corrected chi connectivity index (χ1v) is 10.8. The van der Waals surface area contributed by atoms with E-state index < -0.39 is 17.4 Å². The Hall–Kier alpha value is -4.84. The SMILES string of the molecule is O=C(Oc1ccc(F)cc1)c1ccc(C=Nc2ccc(-c3cc4ccccc4oc3=O)cc2)cc1. The lowest BCUT2D eigenvalue weighted by atomic mass is 10.1. The third kappa shape index (κ3) is 5.07.